The van der Waals surface area contributed by atoms with Gasteiger partial charge in [-0.25, -0.2) is 21.9 Å². The molecule has 29 heavy (non-hydrogen) atoms. The van der Waals surface area contributed by atoms with Gasteiger partial charge >= 0.3 is 12.1 Å². The lowest BCUT2D eigenvalue weighted by molar-refractivity contribution is -0.161. The van der Waals surface area contributed by atoms with Gasteiger partial charge in [-0.1, -0.05) is 6.07 Å². The smallest absolute Gasteiger partial charge is 0.424 e. The van der Waals surface area contributed by atoms with E-state index >= 15 is 0 Å². The number of carbonyl (C=O) groups is 2. The molecule has 0 aromatic heterocycles. The molecule has 0 radical (unpaired) electrons. The van der Waals surface area contributed by atoms with Crippen molar-refractivity contribution in [3.8, 4) is 0 Å². The minimum atomic E-state index is -3.91. The molecule has 2 rings (SSSR count). The minimum Gasteiger partial charge on any atom is -0.469 e. The van der Waals surface area contributed by atoms with Gasteiger partial charge in [0.15, 0.2) is 0 Å². The zero-order valence-electron chi connectivity index (χ0n) is 17.0. The number of nitrogens with zero attached hydrogens (tertiary/aromatic N) is 1. The molecule has 0 unspecified atom stereocenters. The molecular formula is C19H25BrFNO6S. The summed E-state index contributed by atoms with van der Waals surface area (Å²) in [5.74, 6) is -0.938. The van der Waals surface area contributed by atoms with E-state index in [2.05, 4.69) is 15.9 Å². The number of hydrogen-bond donors (Lipinski definition) is 0. The summed E-state index contributed by atoms with van der Waals surface area (Å²) in [5, 5.41) is 0. The molecule has 1 saturated carbocycles. The first-order valence-corrected chi connectivity index (χ1v) is 11.6. The summed E-state index contributed by atoms with van der Waals surface area (Å²) in [5.41, 5.74) is -1.20. The van der Waals surface area contributed by atoms with E-state index in [1.54, 1.807) is 32.9 Å². The summed E-state index contributed by atoms with van der Waals surface area (Å²) in [6, 6.07) is 3.67. The van der Waals surface area contributed by atoms with E-state index in [9.17, 15) is 22.4 Å². The molecule has 1 aliphatic rings. The largest absolute Gasteiger partial charge is 0.469 e. The summed E-state index contributed by atoms with van der Waals surface area (Å²) in [6.07, 6.45) is 0.336. The first-order valence-electron chi connectivity index (χ1n) is 8.93. The second-order valence-corrected chi connectivity index (χ2v) is 11.0. The van der Waals surface area contributed by atoms with Crippen molar-refractivity contribution in [2.75, 3.05) is 13.4 Å². The van der Waals surface area contributed by atoms with Crippen LogP contribution in [0.5, 0.6) is 0 Å². The molecule has 1 aliphatic carbocycles. The Hall–Kier alpha value is -1.68. The van der Waals surface area contributed by atoms with E-state index < -0.39 is 45.0 Å². The number of halogens is 2. The lowest BCUT2D eigenvalue weighted by Crippen LogP contribution is -2.59. The van der Waals surface area contributed by atoms with Gasteiger partial charge in [0.1, 0.15) is 11.4 Å². The molecule has 1 fully saturated rings. The maximum atomic E-state index is 13.5. The molecule has 0 bridgehead atoms. The Morgan fingerprint density at radius 3 is 2.34 bits per heavy atom. The van der Waals surface area contributed by atoms with Crippen LogP contribution in [-0.4, -0.2) is 49.8 Å². The highest BCUT2D eigenvalue weighted by Crippen LogP contribution is 2.48. The van der Waals surface area contributed by atoms with Crippen molar-refractivity contribution in [2.24, 2.45) is 5.41 Å². The van der Waals surface area contributed by atoms with Crippen molar-refractivity contribution in [1.29, 1.82) is 0 Å². The first kappa shape index (κ1) is 23.6. The fraction of sp³-hybridized carbons (Fsp3) is 0.579. The summed E-state index contributed by atoms with van der Waals surface area (Å²) in [4.78, 5) is 25.0. The van der Waals surface area contributed by atoms with Crippen molar-refractivity contribution >= 4 is 38.0 Å². The maximum absolute atomic E-state index is 13.5. The van der Waals surface area contributed by atoms with E-state index in [0.29, 0.717) is 9.87 Å². The van der Waals surface area contributed by atoms with E-state index in [-0.39, 0.29) is 23.7 Å². The van der Waals surface area contributed by atoms with Crippen LogP contribution in [0.4, 0.5) is 9.18 Å². The van der Waals surface area contributed by atoms with Crippen molar-refractivity contribution in [3.05, 3.63) is 34.1 Å². The molecule has 0 N–H and O–H groups in total. The number of benzene rings is 1. The summed E-state index contributed by atoms with van der Waals surface area (Å²) >= 11 is 3.12. The van der Waals surface area contributed by atoms with Gasteiger partial charge in [-0.2, -0.15) is 0 Å². The Balaban J connectivity index is 2.28. The van der Waals surface area contributed by atoms with Gasteiger partial charge in [0.25, 0.3) is 0 Å². The van der Waals surface area contributed by atoms with Crippen molar-refractivity contribution in [2.45, 2.75) is 51.7 Å². The van der Waals surface area contributed by atoms with Crippen molar-refractivity contribution < 1.29 is 31.9 Å². The quantitative estimate of drug-likeness (QED) is 0.581. The van der Waals surface area contributed by atoms with Gasteiger partial charge in [-0.05, 0) is 73.7 Å². The second-order valence-electron chi connectivity index (χ2n) is 8.30. The third-order valence-electron chi connectivity index (χ3n) is 4.66. The molecule has 1 aromatic carbocycles. The highest BCUT2D eigenvalue weighted by atomic mass is 79.9. The number of amides is 1. The molecule has 1 aromatic rings. The Morgan fingerprint density at radius 2 is 1.90 bits per heavy atom. The third kappa shape index (κ3) is 5.48. The first-order chi connectivity index (χ1) is 13.2. The standard InChI is InChI=1S/C19H25BrFNO6S/c1-18(2,3)28-17(24)22(29(5,25)26)13-10-19(11-13,16(23)27-4)9-12-6-7-15(21)14(20)8-12/h6-8,13H,9-11H2,1-5H3. The molecule has 0 spiro atoms. The van der Waals surface area contributed by atoms with Crippen LogP contribution in [0.1, 0.15) is 39.2 Å². The third-order valence-corrected chi connectivity index (χ3v) is 6.43. The van der Waals surface area contributed by atoms with Gasteiger partial charge in [-0.3, -0.25) is 4.79 Å². The highest BCUT2D eigenvalue weighted by Gasteiger charge is 2.56. The Morgan fingerprint density at radius 1 is 1.31 bits per heavy atom. The molecule has 0 saturated heterocycles. The average molecular weight is 494 g/mol. The Bertz CT molecular complexity index is 906. The van der Waals surface area contributed by atoms with Gasteiger partial charge in [-0.15, -0.1) is 0 Å². The van der Waals surface area contributed by atoms with Crippen molar-refractivity contribution in [3.63, 3.8) is 0 Å². The zero-order chi connectivity index (χ0) is 22.2. The molecule has 162 valence electrons. The van der Waals surface area contributed by atoms with E-state index in [1.165, 1.54) is 13.2 Å². The predicted molar refractivity (Wildman–Crippen MR) is 108 cm³/mol. The van der Waals surface area contributed by atoms with Crippen LogP contribution in [-0.2, 0) is 30.7 Å². The van der Waals surface area contributed by atoms with Crippen LogP contribution in [0.2, 0.25) is 0 Å². The molecule has 0 aliphatic heterocycles. The molecular weight excluding hydrogens is 469 g/mol. The number of carbonyl (C=O) groups excluding carboxylic acids is 2. The number of methoxy groups -OCH3 is 1. The Kier molecular flexibility index (Phi) is 6.69. The number of rotatable bonds is 5. The fourth-order valence-corrected chi connectivity index (χ4v) is 4.94. The molecule has 0 heterocycles. The van der Waals surface area contributed by atoms with Crippen LogP contribution in [0.15, 0.2) is 22.7 Å². The van der Waals surface area contributed by atoms with Gasteiger partial charge < -0.3 is 9.47 Å². The van der Waals surface area contributed by atoms with Crippen LogP contribution in [0.3, 0.4) is 0 Å². The maximum Gasteiger partial charge on any atom is 0.424 e. The normalized spacial score (nSPS) is 21.8. The van der Waals surface area contributed by atoms with Crippen LogP contribution >= 0.6 is 15.9 Å². The summed E-state index contributed by atoms with van der Waals surface area (Å²) < 4.78 is 49.1. The molecule has 10 heteroatoms. The zero-order valence-corrected chi connectivity index (χ0v) is 19.4. The van der Waals surface area contributed by atoms with Gasteiger partial charge in [0, 0.05) is 0 Å². The lowest BCUT2D eigenvalue weighted by atomic mass is 9.62. The van der Waals surface area contributed by atoms with Crippen LogP contribution < -0.4 is 0 Å². The molecule has 0 atom stereocenters. The number of sulfonamides is 1. The predicted octanol–water partition coefficient (Wildman–Crippen LogP) is 3.65. The van der Waals surface area contributed by atoms with E-state index in [1.807, 2.05) is 0 Å². The number of hydrogen-bond acceptors (Lipinski definition) is 6. The lowest BCUT2D eigenvalue weighted by Gasteiger charge is -2.48. The fourth-order valence-electron chi connectivity index (χ4n) is 3.51. The minimum absolute atomic E-state index is 0.0843. The van der Waals surface area contributed by atoms with Gasteiger partial charge in [0.2, 0.25) is 10.0 Å². The Labute approximate surface area is 178 Å². The average Bonchev–Trinajstić information content (AvgIpc) is 2.52. The van der Waals surface area contributed by atoms with Gasteiger partial charge in [0.05, 0.1) is 29.3 Å². The summed E-state index contributed by atoms with van der Waals surface area (Å²) in [6.45, 7) is 4.91. The van der Waals surface area contributed by atoms with Crippen molar-refractivity contribution in [1.82, 2.24) is 4.31 Å². The molecule has 1 amide bonds. The SMILES string of the molecule is COC(=O)C1(Cc2ccc(F)c(Br)c2)CC(N(C(=O)OC(C)(C)C)S(C)(=O)=O)C1. The number of ether oxygens (including phenoxy) is 2. The van der Waals surface area contributed by atoms with Crippen LogP contribution in [0, 0.1) is 11.2 Å². The second kappa shape index (κ2) is 8.22. The topological polar surface area (TPSA) is 90.0 Å². The van der Waals surface area contributed by atoms with Crippen LogP contribution in [0.25, 0.3) is 0 Å². The van der Waals surface area contributed by atoms with E-state index in [4.69, 9.17) is 9.47 Å². The monoisotopic (exact) mass is 493 g/mol. The number of esters is 1. The highest BCUT2D eigenvalue weighted by molar-refractivity contribution is 9.10. The van der Waals surface area contributed by atoms with E-state index in [0.717, 1.165) is 6.26 Å². The summed E-state index contributed by atoms with van der Waals surface area (Å²) in [7, 11) is -2.66. The molecule has 7 nitrogen and oxygen atoms in total.